The molecule has 1 unspecified atom stereocenters. The van der Waals surface area contributed by atoms with E-state index < -0.39 is 11.9 Å². The van der Waals surface area contributed by atoms with Crippen molar-refractivity contribution in [1.29, 1.82) is 0 Å². The van der Waals surface area contributed by atoms with Gasteiger partial charge in [0, 0.05) is 19.4 Å². The van der Waals surface area contributed by atoms with E-state index in [4.69, 9.17) is 15.3 Å². The summed E-state index contributed by atoms with van der Waals surface area (Å²) in [6.07, 6.45) is 5.85. The lowest BCUT2D eigenvalue weighted by atomic mass is 10.0. The van der Waals surface area contributed by atoms with Crippen molar-refractivity contribution in [1.82, 2.24) is 0 Å². The Morgan fingerprint density at radius 3 is 1.68 bits per heavy atom. The van der Waals surface area contributed by atoms with Crippen LogP contribution in [0, 0.1) is 5.92 Å². The lowest BCUT2D eigenvalue weighted by Gasteiger charge is -2.08. The van der Waals surface area contributed by atoms with E-state index in [9.17, 15) is 9.59 Å². The Labute approximate surface area is 115 Å². The first kappa shape index (κ1) is 20.2. The lowest BCUT2D eigenvalue weighted by Crippen LogP contribution is -2.03. The first-order valence-electron chi connectivity index (χ1n) is 7.02. The minimum absolute atomic E-state index is 0.0628. The Bertz CT molecular complexity index is 208. The zero-order valence-electron chi connectivity index (χ0n) is 12.1. The van der Waals surface area contributed by atoms with Crippen molar-refractivity contribution in [2.75, 3.05) is 6.61 Å². The summed E-state index contributed by atoms with van der Waals surface area (Å²) in [4.78, 5) is 19.8. The van der Waals surface area contributed by atoms with E-state index in [-0.39, 0.29) is 12.8 Å². The van der Waals surface area contributed by atoms with Crippen molar-refractivity contribution < 1.29 is 24.9 Å². The van der Waals surface area contributed by atoms with Gasteiger partial charge in [-0.05, 0) is 25.2 Å². The van der Waals surface area contributed by atoms with Gasteiger partial charge in [0.05, 0.1) is 0 Å². The molecular formula is C14H28O5. The molecule has 19 heavy (non-hydrogen) atoms. The first-order chi connectivity index (χ1) is 8.97. The van der Waals surface area contributed by atoms with Crippen LogP contribution in [0.2, 0.25) is 0 Å². The number of rotatable bonds is 10. The number of carbonyl (C=O) groups is 2. The Hall–Kier alpha value is -1.10. The number of aliphatic carboxylic acids is 2. The summed E-state index contributed by atoms with van der Waals surface area (Å²) in [5, 5.41) is 25.0. The van der Waals surface area contributed by atoms with Crippen molar-refractivity contribution in [2.24, 2.45) is 5.92 Å². The molecule has 5 nitrogen and oxygen atoms in total. The van der Waals surface area contributed by atoms with E-state index >= 15 is 0 Å². The summed E-state index contributed by atoms with van der Waals surface area (Å²) in [7, 11) is 0. The molecule has 5 heteroatoms. The highest BCUT2D eigenvalue weighted by molar-refractivity contribution is 5.67. The SMILES string of the molecule is CCCCC(CC)CO.O=C(O)CCCCC(=O)O. The van der Waals surface area contributed by atoms with Crippen LogP contribution in [-0.4, -0.2) is 33.9 Å². The van der Waals surface area contributed by atoms with E-state index in [2.05, 4.69) is 13.8 Å². The summed E-state index contributed by atoms with van der Waals surface area (Å²) >= 11 is 0. The molecular weight excluding hydrogens is 248 g/mol. The van der Waals surface area contributed by atoms with Gasteiger partial charge in [-0.15, -0.1) is 0 Å². The molecule has 0 aromatic heterocycles. The third-order valence-electron chi connectivity index (χ3n) is 2.83. The smallest absolute Gasteiger partial charge is 0.303 e. The molecule has 0 saturated heterocycles. The highest BCUT2D eigenvalue weighted by Crippen LogP contribution is 2.10. The maximum atomic E-state index is 9.90. The van der Waals surface area contributed by atoms with Crippen molar-refractivity contribution >= 4 is 11.9 Å². The molecule has 0 saturated carbocycles. The van der Waals surface area contributed by atoms with Crippen LogP contribution in [0.25, 0.3) is 0 Å². The number of aliphatic hydroxyl groups excluding tert-OH is 1. The Morgan fingerprint density at radius 2 is 1.42 bits per heavy atom. The van der Waals surface area contributed by atoms with Crippen molar-refractivity contribution in [3.63, 3.8) is 0 Å². The molecule has 114 valence electrons. The standard InChI is InChI=1S/C8H18O.C6H10O4/c1-3-5-6-8(4-2)7-9;7-5(8)3-1-2-4-6(9)10/h8-9H,3-7H2,1-2H3;1-4H2,(H,7,8)(H,9,10). The van der Waals surface area contributed by atoms with Crippen LogP contribution in [0.4, 0.5) is 0 Å². The van der Waals surface area contributed by atoms with E-state index in [0.29, 0.717) is 25.4 Å². The largest absolute Gasteiger partial charge is 0.481 e. The predicted octanol–water partition coefficient (Wildman–Crippen LogP) is 2.91. The summed E-state index contributed by atoms with van der Waals surface area (Å²) in [6, 6.07) is 0. The van der Waals surface area contributed by atoms with Crippen LogP contribution in [-0.2, 0) is 9.59 Å². The lowest BCUT2D eigenvalue weighted by molar-refractivity contribution is -0.139. The fourth-order valence-corrected chi connectivity index (χ4v) is 1.47. The molecule has 0 aliphatic carbocycles. The van der Waals surface area contributed by atoms with Crippen LogP contribution >= 0.6 is 0 Å². The normalized spacial score (nSPS) is 11.3. The predicted molar refractivity (Wildman–Crippen MR) is 74.1 cm³/mol. The van der Waals surface area contributed by atoms with Crippen LogP contribution in [0.1, 0.15) is 65.2 Å². The number of carboxylic acid groups (broad SMARTS) is 2. The molecule has 0 heterocycles. The van der Waals surface area contributed by atoms with Gasteiger partial charge in [0.1, 0.15) is 0 Å². The Balaban J connectivity index is 0. The van der Waals surface area contributed by atoms with E-state index in [1.54, 1.807) is 0 Å². The number of hydrogen-bond acceptors (Lipinski definition) is 3. The highest BCUT2D eigenvalue weighted by atomic mass is 16.4. The monoisotopic (exact) mass is 276 g/mol. The first-order valence-corrected chi connectivity index (χ1v) is 7.02. The molecule has 0 aliphatic rings. The number of carboxylic acids is 2. The fourth-order valence-electron chi connectivity index (χ4n) is 1.47. The van der Waals surface area contributed by atoms with Crippen molar-refractivity contribution in [2.45, 2.75) is 65.2 Å². The molecule has 0 radical (unpaired) electrons. The molecule has 0 aromatic carbocycles. The topological polar surface area (TPSA) is 94.8 Å². The number of unbranched alkanes of at least 4 members (excludes halogenated alkanes) is 2. The summed E-state index contributed by atoms with van der Waals surface area (Å²) in [5.74, 6) is -1.18. The van der Waals surface area contributed by atoms with E-state index in [1.807, 2.05) is 0 Å². The minimum Gasteiger partial charge on any atom is -0.481 e. The molecule has 0 amide bonds. The third-order valence-corrected chi connectivity index (χ3v) is 2.83. The van der Waals surface area contributed by atoms with E-state index in [0.717, 1.165) is 6.42 Å². The molecule has 0 bridgehead atoms. The maximum absolute atomic E-state index is 9.90. The van der Waals surface area contributed by atoms with Crippen LogP contribution in [0.5, 0.6) is 0 Å². The van der Waals surface area contributed by atoms with E-state index in [1.165, 1.54) is 19.3 Å². The molecule has 1 atom stereocenters. The van der Waals surface area contributed by atoms with Gasteiger partial charge in [-0.2, -0.15) is 0 Å². The van der Waals surface area contributed by atoms with Gasteiger partial charge in [-0.3, -0.25) is 9.59 Å². The van der Waals surface area contributed by atoms with Crippen molar-refractivity contribution in [3.05, 3.63) is 0 Å². The van der Waals surface area contributed by atoms with Gasteiger partial charge >= 0.3 is 11.9 Å². The number of aliphatic hydroxyl groups is 1. The molecule has 0 spiro atoms. The zero-order chi connectivity index (χ0) is 15.1. The van der Waals surface area contributed by atoms with Gasteiger partial charge in [0.2, 0.25) is 0 Å². The average molecular weight is 276 g/mol. The third kappa shape index (κ3) is 19.4. The molecule has 0 aliphatic heterocycles. The van der Waals surface area contributed by atoms with Crippen LogP contribution in [0.3, 0.4) is 0 Å². The molecule has 0 fully saturated rings. The molecule has 0 rings (SSSR count). The summed E-state index contributed by atoms with van der Waals surface area (Å²) < 4.78 is 0. The zero-order valence-corrected chi connectivity index (χ0v) is 12.1. The van der Waals surface area contributed by atoms with Gasteiger partial charge in [-0.25, -0.2) is 0 Å². The van der Waals surface area contributed by atoms with Gasteiger partial charge < -0.3 is 15.3 Å². The second-order valence-corrected chi connectivity index (χ2v) is 4.59. The highest BCUT2D eigenvalue weighted by Gasteiger charge is 2.01. The number of hydrogen-bond donors (Lipinski definition) is 3. The summed E-state index contributed by atoms with van der Waals surface area (Å²) in [5.41, 5.74) is 0. The second kappa shape index (κ2) is 15.0. The molecule has 3 N–H and O–H groups in total. The maximum Gasteiger partial charge on any atom is 0.303 e. The fraction of sp³-hybridized carbons (Fsp3) is 0.857. The van der Waals surface area contributed by atoms with Gasteiger partial charge in [-0.1, -0.05) is 33.1 Å². The van der Waals surface area contributed by atoms with Gasteiger partial charge in [0.15, 0.2) is 0 Å². The Kier molecular flexibility index (Phi) is 15.9. The van der Waals surface area contributed by atoms with Crippen LogP contribution < -0.4 is 0 Å². The Morgan fingerprint density at radius 1 is 0.947 bits per heavy atom. The minimum atomic E-state index is -0.870. The van der Waals surface area contributed by atoms with Gasteiger partial charge in [0.25, 0.3) is 0 Å². The summed E-state index contributed by atoms with van der Waals surface area (Å²) in [6.45, 7) is 4.69. The van der Waals surface area contributed by atoms with Crippen LogP contribution in [0.15, 0.2) is 0 Å². The average Bonchev–Trinajstić information content (AvgIpc) is 2.36. The second-order valence-electron chi connectivity index (χ2n) is 4.59. The quantitative estimate of drug-likeness (QED) is 0.533. The molecule has 0 aromatic rings. The van der Waals surface area contributed by atoms with Crippen molar-refractivity contribution in [3.8, 4) is 0 Å².